The van der Waals surface area contributed by atoms with Gasteiger partial charge in [0.15, 0.2) is 10.8 Å². The van der Waals surface area contributed by atoms with E-state index < -0.39 is 0 Å². The van der Waals surface area contributed by atoms with E-state index in [1.54, 1.807) is 11.3 Å². The van der Waals surface area contributed by atoms with Gasteiger partial charge in [-0.2, -0.15) is 0 Å². The second kappa shape index (κ2) is 6.91. The normalized spacial score (nSPS) is 11.0. The van der Waals surface area contributed by atoms with Crippen molar-refractivity contribution < 1.29 is 4.79 Å². The summed E-state index contributed by atoms with van der Waals surface area (Å²) >= 11 is 1.60. The Balaban J connectivity index is 2.22. The molecule has 0 spiro atoms. The average molecular weight is 309 g/mol. The van der Waals surface area contributed by atoms with Crippen molar-refractivity contribution in [3.63, 3.8) is 0 Å². The Bertz CT molecular complexity index is 602. The predicted molar refractivity (Wildman–Crippen MR) is 87.0 cm³/mol. The van der Waals surface area contributed by atoms with Gasteiger partial charge in [0, 0.05) is 38.3 Å². The van der Waals surface area contributed by atoms with Gasteiger partial charge >= 0.3 is 0 Å². The molecule has 0 saturated heterocycles. The third-order valence-electron chi connectivity index (χ3n) is 3.53. The molecule has 1 N–H and O–H groups in total. The number of nitrogens with one attached hydrogen (secondary N) is 1. The van der Waals surface area contributed by atoms with E-state index in [0.29, 0.717) is 6.54 Å². The molecule has 0 atom stereocenters. The van der Waals surface area contributed by atoms with Crippen molar-refractivity contribution in [3.05, 3.63) is 17.3 Å². The lowest BCUT2D eigenvalue weighted by Crippen LogP contribution is -2.39. The zero-order chi connectivity index (χ0) is 15.4. The number of rotatable bonds is 7. The number of nitrogens with zero attached hydrogens (tertiary/aromatic N) is 4. The molecule has 0 aliphatic carbocycles. The maximum absolute atomic E-state index is 12.2. The highest BCUT2D eigenvalue weighted by Crippen LogP contribution is 2.23. The maximum atomic E-state index is 12.2. The van der Waals surface area contributed by atoms with Crippen LogP contribution in [0.25, 0.3) is 4.96 Å². The third-order valence-corrected chi connectivity index (χ3v) is 4.29. The molecule has 21 heavy (non-hydrogen) atoms. The standard InChI is InChI=1S/C14H23N5OS/c1-5-18(6-2)12(20)10-17(4)13-11(9-15-3)19-7-8-21-14(19)16-13/h7-8,15H,5-6,9-10H2,1-4H3. The summed E-state index contributed by atoms with van der Waals surface area (Å²) in [6.45, 7) is 6.55. The number of thiazole rings is 1. The van der Waals surface area contributed by atoms with Crippen LogP contribution in [0.15, 0.2) is 11.6 Å². The van der Waals surface area contributed by atoms with Crippen LogP contribution >= 0.6 is 11.3 Å². The van der Waals surface area contributed by atoms with Gasteiger partial charge in [0.2, 0.25) is 5.91 Å². The molecule has 0 fully saturated rings. The summed E-state index contributed by atoms with van der Waals surface area (Å²) in [6, 6.07) is 0. The van der Waals surface area contributed by atoms with E-state index in [0.717, 1.165) is 36.1 Å². The first-order valence-electron chi connectivity index (χ1n) is 7.20. The highest BCUT2D eigenvalue weighted by molar-refractivity contribution is 7.15. The first-order chi connectivity index (χ1) is 10.1. The number of carbonyl (C=O) groups is 1. The summed E-state index contributed by atoms with van der Waals surface area (Å²) < 4.78 is 2.08. The number of hydrogen-bond acceptors (Lipinski definition) is 5. The average Bonchev–Trinajstić information content (AvgIpc) is 3.03. The summed E-state index contributed by atoms with van der Waals surface area (Å²) in [4.78, 5) is 21.6. The number of hydrogen-bond donors (Lipinski definition) is 1. The number of likely N-dealkylation sites (N-methyl/N-ethyl adjacent to an activating group) is 2. The molecular weight excluding hydrogens is 286 g/mol. The number of carbonyl (C=O) groups excluding carboxylic acids is 1. The highest BCUT2D eigenvalue weighted by Gasteiger charge is 2.19. The van der Waals surface area contributed by atoms with Crippen LogP contribution in [-0.4, -0.2) is 53.9 Å². The van der Waals surface area contributed by atoms with E-state index in [1.807, 2.05) is 49.3 Å². The molecule has 2 aromatic rings. The van der Waals surface area contributed by atoms with E-state index in [1.165, 1.54) is 0 Å². The minimum atomic E-state index is 0.134. The third kappa shape index (κ3) is 3.19. The summed E-state index contributed by atoms with van der Waals surface area (Å²) in [5.41, 5.74) is 1.09. The molecule has 2 aromatic heterocycles. The van der Waals surface area contributed by atoms with Crippen molar-refractivity contribution in [2.24, 2.45) is 0 Å². The second-order valence-electron chi connectivity index (χ2n) is 4.89. The summed E-state index contributed by atoms with van der Waals surface area (Å²) in [5.74, 6) is 1.01. The van der Waals surface area contributed by atoms with Crippen molar-refractivity contribution in [1.29, 1.82) is 0 Å². The molecule has 0 aromatic carbocycles. The van der Waals surface area contributed by atoms with Crippen LogP contribution in [0.3, 0.4) is 0 Å². The lowest BCUT2D eigenvalue weighted by atomic mass is 10.3. The Labute approximate surface area is 129 Å². The van der Waals surface area contributed by atoms with Crippen LogP contribution in [-0.2, 0) is 11.3 Å². The Morgan fingerprint density at radius 2 is 2.14 bits per heavy atom. The fourth-order valence-corrected chi connectivity index (χ4v) is 3.14. The molecule has 0 aliphatic rings. The van der Waals surface area contributed by atoms with E-state index in [-0.39, 0.29) is 5.91 Å². The molecule has 0 bridgehead atoms. The number of amides is 1. The van der Waals surface area contributed by atoms with Gasteiger partial charge in [-0.1, -0.05) is 0 Å². The topological polar surface area (TPSA) is 52.9 Å². The molecule has 116 valence electrons. The number of fused-ring (bicyclic) bond motifs is 1. The van der Waals surface area contributed by atoms with Gasteiger partial charge in [-0.3, -0.25) is 9.20 Å². The molecular formula is C14H23N5OS. The Morgan fingerprint density at radius 1 is 1.43 bits per heavy atom. The van der Waals surface area contributed by atoms with Crippen LogP contribution < -0.4 is 10.2 Å². The van der Waals surface area contributed by atoms with Crippen LogP contribution in [0.2, 0.25) is 0 Å². The van der Waals surface area contributed by atoms with Crippen molar-refractivity contribution in [1.82, 2.24) is 19.6 Å². The van der Waals surface area contributed by atoms with Gasteiger partial charge in [0.1, 0.15) is 0 Å². The fourth-order valence-electron chi connectivity index (χ4n) is 2.41. The van der Waals surface area contributed by atoms with Gasteiger partial charge in [-0.15, -0.1) is 11.3 Å². The van der Waals surface area contributed by atoms with Gasteiger partial charge < -0.3 is 15.1 Å². The number of imidazole rings is 1. The quantitative estimate of drug-likeness (QED) is 0.840. The number of aromatic nitrogens is 2. The predicted octanol–water partition coefficient (Wildman–Crippen LogP) is 1.42. The monoisotopic (exact) mass is 309 g/mol. The first kappa shape index (κ1) is 15.8. The molecule has 0 aliphatic heterocycles. The van der Waals surface area contributed by atoms with Crippen molar-refractivity contribution >= 4 is 28.0 Å². The van der Waals surface area contributed by atoms with Gasteiger partial charge in [0.25, 0.3) is 0 Å². The zero-order valence-electron chi connectivity index (χ0n) is 13.1. The minimum Gasteiger partial charge on any atom is -0.349 e. The molecule has 0 unspecified atom stereocenters. The molecule has 6 nitrogen and oxygen atoms in total. The number of anilines is 1. The summed E-state index contributed by atoms with van der Waals surface area (Å²) in [7, 11) is 3.84. The molecule has 2 heterocycles. The molecule has 1 amide bonds. The maximum Gasteiger partial charge on any atom is 0.242 e. The van der Waals surface area contributed by atoms with Crippen LogP contribution in [0.5, 0.6) is 0 Å². The van der Waals surface area contributed by atoms with Crippen LogP contribution in [0, 0.1) is 0 Å². The van der Waals surface area contributed by atoms with Gasteiger partial charge in [0.05, 0.1) is 12.2 Å². The van der Waals surface area contributed by atoms with Crippen molar-refractivity contribution in [2.45, 2.75) is 20.4 Å². The van der Waals surface area contributed by atoms with Gasteiger partial charge in [-0.05, 0) is 20.9 Å². The van der Waals surface area contributed by atoms with Crippen LogP contribution in [0.1, 0.15) is 19.5 Å². The van der Waals surface area contributed by atoms with E-state index in [2.05, 4.69) is 14.7 Å². The van der Waals surface area contributed by atoms with Crippen LogP contribution in [0.4, 0.5) is 5.82 Å². The zero-order valence-corrected chi connectivity index (χ0v) is 13.9. The Kier molecular flexibility index (Phi) is 5.19. The fraction of sp³-hybridized carbons (Fsp3) is 0.571. The molecule has 0 saturated carbocycles. The molecule has 0 radical (unpaired) electrons. The van der Waals surface area contributed by atoms with Crippen molar-refractivity contribution in [2.75, 3.05) is 38.6 Å². The SMILES string of the molecule is CCN(CC)C(=O)CN(C)c1nc2sccn2c1CNC. The van der Waals surface area contributed by atoms with E-state index >= 15 is 0 Å². The Morgan fingerprint density at radius 3 is 2.76 bits per heavy atom. The van der Waals surface area contributed by atoms with Crippen molar-refractivity contribution in [3.8, 4) is 0 Å². The highest BCUT2D eigenvalue weighted by atomic mass is 32.1. The lowest BCUT2D eigenvalue weighted by molar-refractivity contribution is -0.129. The summed E-state index contributed by atoms with van der Waals surface area (Å²) in [5, 5.41) is 5.19. The first-order valence-corrected chi connectivity index (χ1v) is 8.08. The smallest absolute Gasteiger partial charge is 0.242 e. The van der Waals surface area contributed by atoms with Gasteiger partial charge in [-0.25, -0.2) is 4.98 Å². The molecule has 7 heteroatoms. The van der Waals surface area contributed by atoms with E-state index in [4.69, 9.17) is 0 Å². The molecule has 2 rings (SSSR count). The minimum absolute atomic E-state index is 0.134. The second-order valence-corrected chi connectivity index (χ2v) is 5.76. The lowest BCUT2D eigenvalue weighted by Gasteiger charge is -2.23. The largest absolute Gasteiger partial charge is 0.349 e. The Hall–Kier alpha value is -1.60. The van der Waals surface area contributed by atoms with E-state index in [9.17, 15) is 4.79 Å². The summed E-state index contributed by atoms with van der Waals surface area (Å²) in [6.07, 6.45) is 2.02.